The molecule has 0 amide bonds. The molecule has 0 bridgehead atoms. The highest BCUT2D eigenvalue weighted by Gasteiger charge is 2.56. The van der Waals surface area contributed by atoms with E-state index in [2.05, 4.69) is 9.97 Å². The first-order chi connectivity index (χ1) is 13.7. The first kappa shape index (κ1) is 21.9. The van der Waals surface area contributed by atoms with E-state index in [4.69, 9.17) is 0 Å². The number of alkyl halides is 3. The lowest BCUT2D eigenvalue weighted by atomic mass is 9.72. The number of hydrogen-bond acceptors (Lipinski definition) is 3. The number of rotatable bonds is 5. The van der Waals surface area contributed by atoms with Gasteiger partial charge >= 0.3 is 6.18 Å². The molecule has 0 radical (unpaired) electrons. The van der Waals surface area contributed by atoms with Crippen LogP contribution in [0.5, 0.6) is 5.88 Å². The Morgan fingerprint density at radius 1 is 1.07 bits per heavy atom. The predicted molar refractivity (Wildman–Crippen MR) is 104 cm³/mol. The van der Waals surface area contributed by atoms with Gasteiger partial charge in [-0.15, -0.1) is 0 Å². The van der Waals surface area contributed by atoms with Crippen molar-refractivity contribution in [3.05, 3.63) is 63.3 Å². The fraction of sp³-hybridized carbons (Fsp3) is 0.381. The van der Waals surface area contributed by atoms with Gasteiger partial charge in [0.25, 0.3) is 5.56 Å². The monoisotopic (exact) mass is 426 g/mol. The van der Waals surface area contributed by atoms with E-state index in [1.807, 2.05) is 0 Å². The van der Waals surface area contributed by atoms with Crippen molar-refractivity contribution >= 4 is 10.9 Å². The van der Waals surface area contributed by atoms with Crippen molar-refractivity contribution in [1.82, 2.24) is 9.97 Å². The molecule has 9 heteroatoms. The van der Waals surface area contributed by atoms with Crippen molar-refractivity contribution in [3.8, 4) is 5.88 Å². The first-order valence-electron chi connectivity index (χ1n) is 9.21. The summed E-state index contributed by atoms with van der Waals surface area (Å²) in [5.74, 6) is -1.08. The molecule has 2 aromatic heterocycles. The highest BCUT2D eigenvalue weighted by Crippen LogP contribution is 2.44. The summed E-state index contributed by atoms with van der Waals surface area (Å²) in [4.78, 5) is 16.2. The van der Waals surface area contributed by atoms with Gasteiger partial charge in [0.1, 0.15) is 11.3 Å². The highest BCUT2D eigenvalue weighted by molar-refractivity contribution is 5.84. The fourth-order valence-electron chi connectivity index (χ4n) is 4.02. The Morgan fingerprint density at radius 2 is 1.73 bits per heavy atom. The molecule has 1 aromatic carbocycles. The van der Waals surface area contributed by atoms with Crippen LogP contribution in [-0.2, 0) is 11.8 Å². The maximum Gasteiger partial charge on any atom is 0.417 e. The molecule has 162 valence electrons. The van der Waals surface area contributed by atoms with Gasteiger partial charge in [0.2, 0.25) is 5.88 Å². The second-order valence-electron chi connectivity index (χ2n) is 8.33. The molecule has 1 atom stereocenters. The zero-order valence-corrected chi connectivity index (χ0v) is 16.6. The Hall–Kier alpha value is -2.81. The van der Waals surface area contributed by atoms with Gasteiger partial charge in [-0.3, -0.25) is 9.78 Å². The van der Waals surface area contributed by atoms with Crippen molar-refractivity contribution in [2.75, 3.05) is 0 Å². The molecule has 3 aromatic rings. The molecular formula is C21H22F4N2O3. The van der Waals surface area contributed by atoms with E-state index >= 15 is 0 Å². The van der Waals surface area contributed by atoms with E-state index in [1.54, 1.807) is 6.92 Å². The van der Waals surface area contributed by atoms with Crippen molar-refractivity contribution in [2.45, 2.75) is 50.8 Å². The minimum atomic E-state index is -4.99. The highest BCUT2D eigenvalue weighted by atomic mass is 19.4. The topological polar surface area (TPSA) is 89.1 Å². The number of fused-ring (bicyclic) bond motifs is 1. The number of aliphatic hydroxyl groups is 1. The van der Waals surface area contributed by atoms with Gasteiger partial charge in [0, 0.05) is 23.6 Å². The molecule has 1 unspecified atom stereocenters. The van der Waals surface area contributed by atoms with Gasteiger partial charge in [-0.2, -0.15) is 13.2 Å². The molecule has 0 aliphatic rings. The molecule has 0 aliphatic carbocycles. The Labute approximate surface area is 169 Å². The number of benzene rings is 1. The molecule has 30 heavy (non-hydrogen) atoms. The van der Waals surface area contributed by atoms with Crippen LogP contribution in [0.3, 0.4) is 0 Å². The molecular weight excluding hydrogens is 404 g/mol. The van der Waals surface area contributed by atoms with E-state index in [0.717, 1.165) is 6.07 Å². The minimum absolute atomic E-state index is 0.00844. The maximum atomic E-state index is 14.0. The number of hydrogen-bond donors (Lipinski definition) is 4. The standard InChI is InChI=1S/C21H22F4N2O3/c1-11-4-5-13(22)8-15(11)19(2,3)10-20(30,21(23,24)25)9-14-6-12-7-16(28)27-18(29)17(12)26-14/h4-8,26,30H,9-10H2,1-3H3,(H2,27,28,29). The van der Waals surface area contributed by atoms with E-state index in [1.165, 1.54) is 38.1 Å². The van der Waals surface area contributed by atoms with Crippen molar-refractivity contribution in [2.24, 2.45) is 0 Å². The van der Waals surface area contributed by atoms with Gasteiger partial charge < -0.3 is 15.2 Å². The number of nitrogens with one attached hydrogen (secondary N) is 2. The predicted octanol–water partition coefficient (Wildman–Crippen LogP) is 4.21. The summed E-state index contributed by atoms with van der Waals surface area (Å²) < 4.78 is 55.7. The van der Waals surface area contributed by atoms with Crippen LogP contribution >= 0.6 is 0 Å². The number of aromatic hydroxyl groups is 1. The first-order valence-corrected chi connectivity index (χ1v) is 9.21. The number of pyridine rings is 1. The summed E-state index contributed by atoms with van der Waals surface area (Å²) in [7, 11) is 0. The molecule has 0 saturated carbocycles. The molecule has 4 N–H and O–H groups in total. The smallest absolute Gasteiger partial charge is 0.417 e. The number of H-pyrrole nitrogens is 2. The minimum Gasteiger partial charge on any atom is -0.493 e. The van der Waals surface area contributed by atoms with Crippen LogP contribution in [0.25, 0.3) is 10.9 Å². The average Bonchev–Trinajstić information content (AvgIpc) is 2.97. The molecule has 0 fully saturated rings. The van der Waals surface area contributed by atoms with Crippen LogP contribution in [0.2, 0.25) is 0 Å². The average molecular weight is 426 g/mol. The van der Waals surface area contributed by atoms with E-state index in [9.17, 15) is 32.6 Å². The lowest BCUT2D eigenvalue weighted by Gasteiger charge is -2.38. The van der Waals surface area contributed by atoms with Crippen LogP contribution < -0.4 is 5.56 Å². The summed E-state index contributed by atoms with van der Waals surface area (Å²) in [6.07, 6.45) is -6.55. The summed E-state index contributed by atoms with van der Waals surface area (Å²) in [6.45, 7) is 4.70. The lowest BCUT2D eigenvalue weighted by Crippen LogP contribution is -2.51. The number of aryl methyl sites for hydroxylation is 1. The van der Waals surface area contributed by atoms with E-state index < -0.39 is 47.3 Å². The van der Waals surface area contributed by atoms with Crippen LogP contribution in [0.4, 0.5) is 17.6 Å². The summed E-state index contributed by atoms with van der Waals surface area (Å²) in [6, 6.07) is 6.29. The van der Waals surface area contributed by atoms with Crippen molar-refractivity contribution < 1.29 is 27.8 Å². The Morgan fingerprint density at radius 3 is 2.37 bits per heavy atom. The van der Waals surface area contributed by atoms with Crippen LogP contribution in [-0.4, -0.2) is 32.0 Å². The number of aromatic nitrogens is 2. The third-order valence-corrected chi connectivity index (χ3v) is 5.34. The van der Waals surface area contributed by atoms with Gasteiger partial charge in [-0.25, -0.2) is 4.39 Å². The normalized spacial score (nSPS) is 14.8. The molecule has 0 spiro atoms. The lowest BCUT2D eigenvalue weighted by molar-refractivity contribution is -0.266. The maximum absolute atomic E-state index is 14.0. The molecule has 0 saturated heterocycles. The third-order valence-electron chi connectivity index (χ3n) is 5.34. The Balaban J connectivity index is 2.02. The van der Waals surface area contributed by atoms with Gasteiger partial charge in [0.05, 0.1) is 0 Å². The van der Waals surface area contributed by atoms with Crippen LogP contribution in [0.15, 0.2) is 35.1 Å². The van der Waals surface area contributed by atoms with Gasteiger partial charge in [-0.1, -0.05) is 19.9 Å². The molecule has 3 rings (SSSR count). The summed E-state index contributed by atoms with van der Waals surface area (Å²) in [5, 5.41) is 20.8. The van der Waals surface area contributed by atoms with Crippen molar-refractivity contribution in [3.63, 3.8) is 0 Å². The zero-order chi connectivity index (χ0) is 22.5. The summed E-state index contributed by atoms with van der Waals surface area (Å²) >= 11 is 0. The van der Waals surface area contributed by atoms with E-state index in [0.29, 0.717) is 11.1 Å². The number of halogens is 4. The van der Waals surface area contributed by atoms with E-state index in [-0.39, 0.29) is 16.6 Å². The SMILES string of the molecule is Cc1ccc(F)cc1C(C)(C)CC(O)(Cc1cc2cc(=O)[nH]c(O)c2[nH]1)C(F)(F)F. The summed E-state index contributed by atoms with van der Waals surface area (Å²) in [5.41, 5.74) is -3.93. The second kappa shape index (κ2) is 7.16. The quantitative estimate of drug-likeness (QED) is 0.461. The zero-order valence-electron chi connectivity index (χ0n) is 16.6. The van der Waals surface area contributed by atoms with Crippen LogP contribution in [0, 0.1) is 12.7 Å². The second-order valence-corrected chi connectivity index (χ2v) is 8.33. The van der Waals surface area contributed by atoms with Crippen LogP contribution in [0.1, 0.15) is 37.1 Å². The Kier molecular flexibility index (Phi) is 5.22. The Bertz CT molecular complexity index is 1150. The molecule has 2 heterocycles. The number of aromatic amines is 2. The molecule has 5 nitrogen and oxygen atoms in total. The van der Waals surface area contributed by atoms with Gasteiger partial charge in [0.15, 0.2) is 5.60 Å². The van der Waals surface area contributed by atoms with Gasteiger partial charge in [-0.05, 0) is 48.1 Å². The fourth-order valence-corrected chi connectivity index (χ4v) is 4.02. The molecule has 0 aliphatic heterocycles. The largest absolute Gasteiger partial charge is 0.493 e. The van der Waals surface area contributed by atoms with Crippen molar-refractivity contribution in [1.29, 1.82) is 0 Å². The third kappa shape index (κ3) is 4.07.